The standard InChI is InChI=1S/C15H19N3O3/c16-5-2-6-17-7-9-18(10-8-17)15(20)12-21-14-4-1-3-13(19)11-14/h1,3-4,11,19H,2,6-10,12H2. The number of benzene rings is 1. The van der Waals surface area contributed by atoms with Crippen LogP contribution in [0.15, 0.2) is 24.3 Å². The van der Waals surface area contributed by atoms with Crippen LogP contribution in [0, 0.1) is 11.3 Å². The molecule has 1 aliphatic rings. The van der Waals surface area contributed by atoms with Crippen molar-refractivity contribution in [1.29, 1.82) is 5.26 Å². The highest BCUT2D eigenvalue weighted by Crippen LogP contribution is 2.17. The molecule has 0 radical (unpaired) electrons. The molecule has 1 fully saturated rings. The predicted molar refractivity (Wildman–Crippen MR) is 76.9 cm³/mol. The molecule has 0 aliphatic carbocycles. The molecule has 0 unspecified atom stereocenters. The van der Waals surface area contributed by atoms with Crippen LogP contribution in [0.25, 0.3) is 0 Å². The number of rotatable bonds is 5. The minimum absolute atomic E-state index is 0.0261. The fraction of sp³-hybridized carbons (Fsp3) is 0.467. The summed E-state index contributed by atoms with van der Waals surface area (Å²) >= 11 is 0. The van der Waals surface area contributed by atoms with Gasteiger partial charge in [0.05, 0.1) is 6.07 Å². The second-order valence-corrected chi connectivity index (χ2v) is 4.92. The summed E-state index contributed by atoms with van der Waals surface area (Å²) in [4.78, 5) is 16.0. The number of aromatic hydroxyl groups is 1. The van der Waals surface area contributed by atoms with Crippen LogP contribution in [-0.2, 0) is 4.79 Å². The molecule has 0 atom stereocenters. The van der Waals surface area contributed by atoms with E-state index in [4.69, 9.17) is 10.00 Å². The Hall–Kier alpha value is -2.26. The van der Waals surface area contributed by atoms with E-state index in [-0.39, 0.29) is 18.3 Å². The summed E-state index contributed by atoms with van der Waals surface area (Å²) in [5.74, 6) is 0.542. The van der Waals surface area contributed by atoms with E-state index in [2.05, 4.69) is 11.0 Å². The van der Waals surface area contributed by atoms with Crippen molar-refractivity contribution >= 4 is 5.91 Å². The van der Waals surface area contributed by atoms with Crippen LogP contribution in [0.1, 0.15) is 6.42 Å². The Kier molecular flexibility index (Phi) is 5.41. The molecule has 0 aromatic heterocycles. The van der Waals surface area contributed by atoms with Crippen molar-refractivity contribution in [1.82, 2.24) is 9.80 Å². The van der Waals surface area contributed by atoms with Gasteiger partial charge in [0.1, 0.15) is 11.5 Å². The first-order valence-electron chi connectivity index (χ1n) is 6.98. The summed E-state index contributed by atoms with van der Waals surface area (Å²) in [5.41, 5.74) is 0. The number of nitrogens with zero attached hydrogens (tertiary/aromatic N) is 3. The number of hydrogen-bond acceptors (Lipinski definition) is 5. The Balaban J connectivity index is 1.74. The van der Waals surface area contributed by atoms with Gasteiger partial charge in [-0.05, 0) is 12.1 Å². The summed E-state index contributed by atoms with van der Waals surface area (Å²) in [6.45, 7) is 3.64. The molecule has 1 aromatic carbocycles. The maximum absolute atomic E-state index is 12.0. The van der Waals surface area contributed by atoms with Crippen LogP contribution in [0.2, 0.25) is 0 Å². The first-order chi connectivity index (χ1) is 10.2. The van der Waals surface area contributed by atoms with Gasteiger partial charge in [-0.3, -0.25) is 9.69 Å². The lowest BCUT2D eigenvalue weighted by atomic mass is 10.3. The van der Waals surface area contributed by atoms with Gasteiger partial charge >= 0.3 is 0 Å². The van der Waals surface area contributed by atoms with E-state index in [1.165, 1.54) is 6.07 Å². The second-order valence-electron chi connectivity index (χ2n) is 4.92. The van der Waals surface area contributed by atoms with Gasteiger partial charge in [-0.1, -0.05) is 6.07 Å². The predicted octanol–water partition coefficient (Wildman–Crippen LogP) is 0.829. The molecule has 1 amide bonds. The summed E-state index contributed by atoms with van der Waals surface area (Å²) in [6.07, 6.45) is 0.522. The highest BCUT2D eigenvalue weighted by molar-refractivity contribution is 5.77. The number of phenols is 1. The molecule has 6 heteroatoms. The number of hydrogen-bond donors (Lipinski definition) is 1. The average Bonchev–Trinajstić information content (AvgIpc) is 2.51. The normalized spacial score (nSPS) is 15.5. The summed E-state index contributed by atoms with van der Waals surface area (Å²) in [5, 5.41) is 17.9. The van der Waals surface area contributed by atoms with Crippen molar-refractivity contribution in [3.8, 4) is 17.6 Å². The van der Waals surface area contributed by atoms with E-state index >= 15 is 0 Å². The molecule has 1 aliphatic heterocycles. The van der Waals surface area contributed by atoms with Crippen molar-refractivity contribution in [2.75, 3.05) is 39.3 Å². The van der Waals surface area contributed by atoms with E-state index in [0.717, 1.165) is 19.6 Å². The number of nitriles is 1. The van der Waals surface area contributed by atoms with Gasteiger partial charge in [0.2, 0.25) is 0 Å². The molecule has 112 valence electrons. The van der Waals surface area contributed by atoms with Gasteiger partial charge < -0.3 is 14.7 Å². The molecule has 1 saturated heterocycles. The Morgan fingerprint density at radius 3 is 2.76 bits per heavy atom. The molecular weight excluding hydrogens is 270 g/mol. The zero-order valence-corrected chi connectivity index (χ0v) is 11.9. The number of phenolic OH excluding ortho intramolecular Hbond substituents is 1. The third-order valence-electron chi connectivity index (χ3n) is 3.44. The number of carbonyl (C=O) groups excluding carboxylic acids is 1. The smallest absolute Gasteiger partial charge is 0.260 e. The van der Waals surface area contributed by atoms with Crippen molar-refractivity contribution in [2.24, 2.45) is 0 Å². The highest BCUT2D eigenvalue weighted by Gasteiger charge is 2.20. The van der Waals surface area contributed by atoms with Crippen LogP contribution in [0.5, 0.6) is 11.5 Å². The van der Waals surface area contributed by atoms with Gasteiger partial charge in [0.15, 0.2) is 6.61 Å². The van der Waals surface area contributed by atoms with Crippen LogP contribution >= 0.6 is 0 Å². The van der Waals surface area contributed by atoms with Gasteiger partial charge in [-0.2, -0.15) is 5.26 Å². The molecule has 1 aromatic rings. The van der Waals surface area contributed by atoms with Crippen molar-refractivity contribution in [3.05, 3.63) is 24.3 Å². The van der Waals surface area contributed by atoms with E-state index in [1.54, 1.807) is 23.1 Å². The van der Waals surface area contributed by atoms with Crippen LogP contribution in [-0.4, -0.2) is 60.1 Å². The third-order valence-corrected chi connectivity index (χ3v) is 3.44. The van der Waals surface area contributed by atoms with Crippen molar-refractivity contribution in [3.63, 3.8) is 0 Å². The molecule has 1 N–H and O–H groups in total. The molecule has 2 rings (SSSR count). The number of amides is 1. The number of piperazine rings is 1. The molecular formula is C15H19N3O3. The van der Waals surface area contributed by atoms with Crippen LogP contribution in [0.3, 0.4) is 0 Å². The van der Waals surface area contributed by atoms with Crippen LogP contribution < -0.4 is 4.74 Å². The molecule has 1 heterocycles. The molecule has 0 saturated carbocycles. The highest BCUT2D eigenvalue weighted by atomic mass is 16.5. The molecule has 0 bridgehead atoms. The van der Waals surface area contributed by atoms with Crippen LogP contribution in [0.4, 0.5) is 0 Å². The summed E-state index contributed by atoms with van der Waals surface area (Å²) in [6, 6.07) is 8.53. The minimum atomic E-state index is -0.0572. The van der Waals surface area contributed by atoms with E-state index in [1.807, 2.05) is 0 Å². The lowest BCUT2D eigenvalue weighted by molar-refractivity contribution is -0.135. The quantitative estimate of drug-likeness (QED) is 0.868. The first-order valence-corrected chi connectivity index (χ1v) is 6.98. The Bertz CT molecular complexity index is 519. The molecule has 0 spiro atoms. The van der Waals surface area contributed by atoms with E-state index < -0.39 is 0 Å². The fourth-order valence-corrected chi connectivity index (χ4v) is 2.24. The molecule has 6 nitrogen and oxygen atoms in total. The second kappa shape index (κ2) is 7.50. The maximum Gasteiger partial charge on any atom is 0.260 e. The average molecular weight is 289 g/mol. The number of ether oxygens (including phenoxy) is 1. The third kappa shape index (κ3) is 4.65. The lowest BCUT2D eigenvalue weighted by Gasteiger charge is -2.34. The van der Waals surface area contributed by atoms with Crippen molar-refractivity contribution < 1.29 is 14.6 Å². The lowest BCUT2D eigenvalue weighted by Crippen LogP contribution is -2.50. The molecule has 21 heavy (non-hydrogen) atoms. The van der Waals surface area contributed by atoms with Gasteiger partial charge in [-0.25, -0.2) is 0 Å². The van der Waals surface area contributed by atoms with Gasteiger partial charge in [0, 0.05) is 45.2 Å². The number of carbonyl (C=O) groups is 1. The van der Waals surface area contributed by atoms with E-state index in [0.29, 0.717) is 25.3 Å². The van der Waals surface area contributed by atoms with E-state index in [9.17, 15) is 9.90 Å². The monoisotopic (exact) mass is 289 g/mol. The summed E-state index contributed by atoms with van der Waals surface area (Å²) < 4.78 is 5.39. The Morgan fingerprint density at radius 1 is 1.33 bits per heavy atom. The zero-order chi connectivity index (χ0) is 15.1. The maximum atomic E-state index is 12.0. The van der Waals surface area contributed by atoms with Crippen molar-refractivity contribution in [2.45, 2.75) is 6.42 Å². The topological polar surface area (TPSA) is 76.8 Å². The van der Waals surface area contributed by atoms with Gasteiger partial charge in [0.25, 0.3) is 5.91 Å². The first kappa shape index (κ1) is 15.1. The summed E-state index contributed by atoms with van der Waals surface area (Å²) in [7, 11) is 0. The SMILES string of the molecule is N#CCCN1CCN(C(=O)COc2cccc(O)c2)CC1. The minimum Gasteiger partial charge on any atom is -0.508 e. The van der Waals surface area contributed by atoms with Gasteiger partial charge in [-0.15, -0.1) is 0 Å². The largest absolute Gasteiger partial charge is 0.508 e. The zero-order valence-electron chi connectivity index (χ0n) is 11.9. The Morgan fingerprint density at radius 2 is 2.10 bits per heavy atom. The Labute approximate surface area is 124 Å². The fourth-order valence-electron chi connectivity index (χ4n) is 2.24.